The van der Waals surface area contributed by atoms with Crippen molar-refractivity contribution in [3.63, 3.8) is 0 Å². The molecular formula is C108H81B3N8O. The van der Waals surface area contributed by atoms with E-state index in [2.05, 4.69) is 457 Å². The number of hydrogen-bond acceptors (Lipinski definition) is 9. The van der Waals surface area contributed by atoms with Crippen molar-refractivity contribution in [2.24, 2.45) is 0 Å². The van der Waals surface area contributed by atoms with E-state index in [-0.39, 0.29) is 20.1 Å². The molecule has 0 atom stereocenters. The molecule has 0 saturated heterocycles. The monoisotopic (exact) mass is 1540 g/mol. The summed E-state index contributed by atoms with van der Waals surface area (Å²) in [5, 5.41) is 4.35. The van der Waals surface area contributed by atoms with Crippen LogP contribution in [0.5, 0.6) is 11.5 Å². The van der Waals surface area contributed by atoms with Crippen LogP contribution in [-0.2, 0) is 0 Å². The lowest BCUT2D eigenvalue weighted by molar-refractivity contribution is 0.488. The van der Waals surface area contributed by atoms with Crippen LogP contribution in [0.15, 0.2) is 376 Å². The van der Waals surface area contributed by atoms with Gasteiger partial charge in [0.2, 0.25) is 0 Å². The number of ether oxygens (including phenoxy) is 1. The Bertz CT molecular complexity index is 6820. The number of fused-ring (bicyclic) bond motifs is 12. The number of hydrogen-bond donors (Lipinski definition) is 1. The van der Waals surface area contributed by atoms with Gasteiger partial charge in [0, 0.05) is 115 Å². The third-order valence-electron chi connectivity index (χ3n) is 25.4. The maximum atomic E-state index is 8.21. The number of benzene rings is 17. The molecule has 1 N–H and O–H groups in total. The van der Waals surface area contributed by atoms with Gasteiger partial charge in [-0.25, -0.2) is 0 Å². The van der Waals surface area contributed by atoms with Crippen LogP contribution < -0.4 is 93.5 Å². The molecule has 0 spiro atoms. The zero-order valence-electron chi connectivity index (χ0n) is 67.6. The Kier molecular flexibility index (Phi) is 16.4. The second-order valence-electron chi connectivity index (χ2n) is 32.8. The molecule has 6 aliphatic heterocycles. The molecule has 17 aromatic rings. The van der Waals surface area contributed by atoms with Crippen molar-refractivity contribution in [3.05, 3.63) is 409 Å². The van der Waals surface area contributed by atoms with Gasteiger partial charge in [-0.15, -0.1) is 0 Å². The Morgan fingerprint density at radius 2 is 0.550 bits per heavy atom. The lowest BCUT2D eigenvalue weighted by Crippen LogP contribution is -2.65. The normalized spacial score (nSPS) is 13.1. The fourth-order valence-corrected chi connectivity index (χ4v) is 20.9. The summed E-state index contributed by atoms with van der Waals surface area (Å²) >= 11 is 0. The van der Waals surface area contributed by atoms with E-state index in [0.29, 0.717) is 0 Å². The van der Waals surface area contributed by atoms with Crippen molar-refractivity contribution >= 4 is 200 Å². The predicted octanol–water partition coefficient (Wildman–Crippen LogP) is 22.8. The highest BCUT2D eigenvalue weighted by molar-refractivity contribution is 7.04. The number of para-hydroxylation sites is 10. The molecule has 0 aromatic heterocycles. The highest BCUT2D eigenvalue weighted by Gasteiger charge is 2.51. The van der Waals surface area contributed by atoms with Gasteiger partial charge < -0.3 is 44.4 Å². The van der Waals surface area contributed by atoms with Crippen LogP contribution in [0.3, 0.4) is 0 Å². The molecule has 6 aliphatic rings. The van der Waals surface area contributed by atoms with Crippen LogP contribution in [0.2, 0.25) is 0 Å². The first-order chi connectivity index (χ1) is 59.0. The van der Waals surface area contributed by atoms with Gasteiger partial charge >= 0.3 is 0 Å². The minimum atomic E-state index is -0.375. The number of anilines is 23. The quantitative estimate of drug-likeness (QED) is 0.114. The maximum Gasteiger partial charge on any atom is 0.256 e. The van der Waals surface area contributed by atoms with Gasteiger partial charge in [-0.3, -0.25) is 0 Å². The number of aryl methyl sites for hydroxylation is 6. The predicted molar refractivity (Wildman–Crippen MR) is 508 cm³/mol. The van der Waals surface area contributed by atoms with Crippen LogP contribution in [0.4, 0.5) is 131 Å². The molecule has 0 fully saturated rings. The summed E-state index contributed by atoms with van der Waals surface area (Å²) in [6.07, 6.45) is 0. The third kappa shape index (κ3) is 11.1. The molecule has 0 unspecified atom stereocenters. The van der Waals surface area contributed by atoms with E-state index in [4.69, 9.17) is 4.74 Å². The Morgan fingerprint density at radius 3 is 0.975 bits per heavy atom. The van der Waals surface area contributed by atoms with Crippen molar-refractivity contribution in [2.45, 2.75) is 41.5 Å². The lowest BCUT2D eigenvalue weighted by atomic mass is 9.29. The Labute approximate surface area is 702 Å². The molecule has 23 rings (SSSR count). The van der Waals surface area contributed by atoms with Crippen molar-refractivity contribution in [3.8, 4) is 11.5 Å². The minimum Gasteiger partial charge on any atom is -0.458 e. The SMILES string of the molecule is Cc1cc(C)c(N2c3cc4c(cc3B3c5cc6c(cc5Oc5cc(N(c7ccccc7)c7ccccc7)cc2c53)N(c2c(C)cc(C)cc2C)c2cc(N(c3ccccc3)c3ccccc3)cc3c2B6c2ccccc2N3c2ccccc2)B2c3ccccc3N(c3ccccc3)c3cc(N(c5ccccc5)c5ccccc5)cc(c32)N4)c(C)c1. The summed E-state index contributed by atoms with van der Waals surface area (Å²) in [5.41, 5.74) is 42.6. The fraction of sp³-hybridized carbons (Fsp3) is 0.0556. The Balaban J connectivity index is 0.829. The lowest BCUT2D eigenvalue weighted by Gasteiger charge is -2.47. The van der Waals surface area contributed by atoms with Crippen LogP contribution in [0, 0.1) is 41.5 Å². The van der Waals surface area contributed by atoms with Crippen molar-refractivity contribution in [1.29, 1.82) is 0 Å². The standard InChI is InChI=1S/C108H81B3N8O/c1-69-55-71(3)107(72(4)56-69)118-96-67-92-88(109-86-51-31-33-53-94(86)116(81-47-27-13-28-48-81)98-60-83(59-93(112-92)104(98)109)113(75-35-15-7-16-36-75)76-37-17-8-18-38-76)65-89(96)111-91-66-90-97(68-102(91)120-103-64-85(63-101(118)106(103)111)115(79-43-23-11-24-44-79)80-45-25-12-26-46-80)119(108-73(5)57-70(2)58-74(108)6)100-62-84(114(77-39-19-9-20-40-77)78-41-21-10-22-42-78)61-99-105(100)110(90)87-52-32-34-54-95(87)117(99)82-49-29-14-30-50-82/h7-68,112H,1-6H3. The Morgan fingerprint density at radius 1 is 0.225 bits per heavy atom. The smallest absolute Gasteiger partial charge is 0.256 e. The minimum absolute atomic E-state index is 0.211. The molecule has 9 nitrogen and oxygen atoms in total. The molecule has 17 aromatic carbocycles. The summed E-state index contributed by atoms with van der Waals surface area (Å²) in [6, 6.07) is 140. The van der Waals surface area contributed by atoms with Gasteiger partial charge in [0.15, 0.2) is 0 Å². The number of nitrogens with one attached hydrogen (secondary N) is 1. The van der Waals surface area contributed by atoms with E-state index >= 15 is 0 Å². The third-order valence-corrected chi connectivity index (χ3v) is 25.4. The first-order valence-corrected chi connectivity index (χ1v) is 41.7. The number of nitrogens with zero attached hydrogens (tertiary/aromatic N) is 7. The van der Waals surface area contributed by atoms with Crippen LogP contribution >= 0.6 is 0 Å². The van der Waals surface area contributed by atoms with Crippen molar-refractivity contribution in [2.75, 3.05) is 39.6 Å². The van der Waals surface area contributed by atoms with E-state index in [0.717, 1.165) is 153 Å². The molecule has 12 heteroatoms. The summed E-state index contributed by atoms with van der Waals surface area (Å²) < 4.78 is 8.21. The Hall–Kier alpha value is -14.9. The fourth-order valence-electron chi connectivity index (χ4n) is 20.9. The first kappa shape index (κ1) is 70.5. The largest absolute Gasteiger partial charge is 0.458 e. The summed E-state index contributed by atoms with van der Waals surface area (Å²) in [6.45, 7) is 12.8. The van der Waals surface area contributed by atoms with Crippen molar-refractivity contribution in [1.82, 2.24) is 0 Å². The van der Waals surface area contributed by atoms with E-state index < -0.39 is 0 Å². The molecular weight excluding hydrogens is 1460 g/mol. The molecule has 0 saturated carbocycles. The van der Waals surface area contributed by atoms with Crippen LogP contribution in [0.1, 0.15) is 33.4 Å². The van der Waals surface area contributed by atoms with E-state index in [1.54, 1.807) is 0 Å². The molecule has 6 heterocycles. The topological polar surface area (TPSA) is 43.9 Å². The average molecular weight is 1540 g/mol. The molecule has 0 aliphatic carbocycles. The van der Waals surface area contributed by atoms with Crippen LogP contribution in [-0.4, -0.2) is 20.1 Å². The second kappa shape index (κ2) is 27.9. The maximum absolute atomic E-state index is 8.21. The zero-order valence-corrected chi connectivity index (χ0v) is 67.6. The highest BCUT2D eigenvalue weighted by atomic mass is 16.5. The van der Waals surface area contributed by atoms with E-state index in [1.165, 1.54) is 71.6 Å². The van der Waals surface area contributed by atoms with Gasteiger partial charge in [0.05, 0.1) is 28.4 Å². The molecule has 0 radical (unpaired) electrons. The van der Waals surface area contributed by atoms with Gasteiger partial charge in [-0.2, -0.15) is 0 Å². The molecule has 0 bridgehead atoms. The molecule has 120 heavy (non-hydrogen) atoms. The van der Waals surface area contributed by atoms with Crippen molar-refractivity contribution < 1.29 is 4.74 Å². The molecule has 0 amide bonds. The van der Waals surface area contributed by atoms with Gasteiger partial charge in [0.1, 0.15) is 11.5 Å². The summed E-state index contributed by atoms with van der Waals surface area (Å²) in [4.78, 5) is 17.5. The average Bonchev–Trinajstić information content (AvgIpc) is 0.681. The molecule has 568 valence electrons. The van der Waals surface area contributed by atoms with Crippen LogP contribution in [0.25, 0.3) is 0 Å². The summed E-state index contributed by atoms with van der Waals surface area (Å²) in [7, 11) is 0. The first-order valence-electron chi connectivity index (χ1n) is 41.7. The van der Waals surface area contributed by atoms with Gasteiger partial charge in [-0.05, 0) is 259 Å². The summed E-state index contributed by atoms with van der Waals surface area (Å²) in [5.74, 6) is 1.60. The van der Waals surface area contributed by atoms with E-state index in [9.17, 15) is 0 Å². The zero-order chi connectivity index (χ0) is 80.1. The number of rotatable bonds is 13. The van der Waals surface area contributed by atoms with Gasteiger partial charge in [0.25, 0.3) is 20.1 Å². The highest BCUT2D eigenvalue weighted by Crippen LogP contribution is 2.54. The van der Waals surface area contributed by atoms with E-state index in [1.807, 2.05) is 0 Å². The second-order valence-corrected chi connectivity index (χ2v) is 32.8. The van der Waals surface area contributed by atoms with Gasteiger partial charge in [-0.1, -0.05) is 230 Å².